The zero-order valence-electron chi connectivity index (χ0n) is 12.4. The first-order valence-electron chi connectivity index (χ1n) is 6.89. The summed E-state index contributed by atoms with van der Waals surface area (Å²) in [5.74, 6) is 0.599. The third kappa shape index (κ3) is 4.09. The number of benzene rings is 1. The molecule has 0 bridgehead atoms. The minimum Gasteiger partial charge on any atom is -0.310 e. The van der Waals surface area contributed by atoms with Gasteiger partial charge in [0.15, 0.2) is 0 Å². The molecule has 0 unspecified atom stereocenters. The summed E-state index contributed by atoms with van der Waals surface area (Å²) < 4.78 is 0. The predicted octanol–water partition coefficient (Wildman–Crippen LogP) is 3.77. The van der Waals surface area contributed by atoms with Gasteiger partial charge in [0, 0.05) is 29.1 Å². The Kier molecular flexibility index (Phi) is 5.03. The molecule has 0 aliphatic carbocycles. The zero-order chi connectivity index (χ0) is 15.4. The van der Waals surface area contributed by atoms with Crippen molar-refractivity contribution < 1.29 is 4.92 Å². The highest BCUT2D eigenvalue weighted by molar-refractivity contribution is 7.12. The first-order chi connectivity index (χ1) is 9.97. The van der Waals surface area contributed by atoms with Crippen molar-refractivity contribution in [2.75, 3.05) is 6.54 Å². The van der Waals surface area contributed by atoms with Gasteiger partial charge >= 0.3 is 0 Å². The maximum absolute atomic E-state index is 10.9. The Bertz CT molecular complexity index is 638. The highest BCUT2D eigenvalue weighted by Gasteiger charge is 2.13. The first-order valence-corrected chi connectivity index (χ1v) is 7.71. The summed E-state index contributed by atoms with van der Waals surface area (Å²) in [7, 11) is 0. The van der Waals surface area contributed by atoms with Crippen LogP contribution in [-0.4, -0.2) is 16.5 Å². The summed E-state index contributed by atoms with van der Waals surface area (Å²) in [5.41, 5.74) is 1.73. The SMILES string of the molecule is Cc1sc(CNCC(C)C)nc1-c1cccc([N+](=O)[O-])c1. The van der Waals surface area contributed by atoms with Crippen molar-refractivity contribution in [2.24, 2.45) is 5.92 Å². The quantitative estimate of drug-likeness (QED) is 0.651. The summed E-state index contributed by atoms with van der Waals surface area (Å²) in [6, 6.07) is 6.63. The molecule has 0 saturated carbocycles. The molecular weight excluding hydrogens is 286 g/mol. The Morgan fingerprint density at radius 2 is 2.19 bits per heavy atom. The Balaban J connectivity index is 2.18. The molecule has 1 N–H and O–H groups in total. The molecule has 0 spiro atoms. The Morgan fingerprint density at radius 1 is 1.43 bits per heavy atom. The highest BCUT2D eigenvalue weighted by Crippen LogP contribution is 2.29. The third-order valence-electron chi connectivity index (χ3n) is 3.00. The molecule has 6 heteroatoms. The number of hydrogen-bond acceptors (Lipinski definition) is 5. The van der Waals surface area contributed by atoms with Gasteiger partial charge in [-0.2, -0.15) is 0 Å². The molecule has 0 amide bonds. The first kappa shape index (κ1) is 15.6. The standard InChI is InChI=1S/C15H19N3O2S/c1-10(2)8-16-9-14-17-15(11(3)21-14)12-5-4-6-13(7-12)18(19)20/h4-7,10,16H,8-9H2,1-3H3. The van der Waals surface area contributed by atoms with Crippen LogP contribution < -0.4 is 5.32 Å². The van der Waals surface area contributed by atoms with Crippen molar-refractivity contribution in [3.63, 3.8) is 0 Å². The Hall–Kier alpha value is -1.79. The van der Waals surface area contributed by atoms with Crippen molar-refractivity contribution in [2.45, 2.75) is 27.3 Å². The van der Waals surface area contributed by atoms with Crippen LogP contribution in [0.1, 0.15) is 23.7 Å². The zero-order valence-corrected chi connectivity index (χ0v) is 13.2. The fourth-order valence-electron chi connectivity index (χ4n) is 2.03. The molecule has 21 heavy (non-hydrogen) atoms. The van der Waals surface area contributed by atoms with E-state index in [0.29, 0.717) is 5.92 Å². The van der Waals surface area contributed by atoms with E-state index in [-0.39, 0.29) is 10.6 Å². The van der Waals surface area contributed by atoms with Gasteiger partial charge in [-0.05, 0) is 19.4 Å². The van der Waals surface area contributed by atoms with E-state index in [4.69, 9.17) is 0 Å². The second-order valence-electron chi connectivity index (χ2n) is 5.34. The van der Waals surface area contributed by atoms with Gasteiger partial charge in [-0.3, -0.25) is 10.1 Å². The van der Waals surface area contributed by atoms with E-state index in [0.717, 1.165) is 34.2 Å². The van der Waals surface area contributed by atoms with E-state index < -0.39 is 0 Å². The average Bonchev–Trinajstić information content (AvgIpc) is 2.79. The van der Waals surface area contributed by atoms with E-state index in [1.165, 1.54) is 6.07 Å². The molecule has 1 aromatic carbocycles. The normalized spacial score (nSPS) is 11.0. The van der Waals surface area contributed by atoms with E-state index in [1.54, 1.807) is 23.5 Å². The van der Waals surface area contributed by atoms with Crippen molar-refractivity contribution >= 4 is 17.0 Å². The number of nitro groups is 1. The fraction of sp³-hybridized carbons (Fsp3) is 0.400. The van der Waals surface area contributed by atoms with E-state index >= 15 is 0 Å². The van der Waals surface area contributed by atoms with Crippen molar-refractivity contribution in [3.05, 3.63) is 44.3 Å². The van der Waals surface area contributed by atoms with E-state index in [2.05, 4.69) is 24.1 Å². The molecule has 5 nitrogen and oxygen atoms in total. The number of aryl methyl sites for hydroxylation is 1. The maximum Gasteiger partial charge on any atom is 0.270 e. The third-order valence-corrected chi connectivity index (χ3v) is 3.97. The average molecular weight is 305 g/mol. The molecule has 0 fully saturated rings. The number of aromatic nitrogens is 1. The lowest BCUT2D eigenvalue weighted by Gasteiger charge is -2.04. The van der Waals surface area contributed by atoms with Crippen LogP contribution in [0.5, 0.6) is 0 Å². The number of rotatable bonds is 6. The van der Waals surface area contributed by atoms with Gasteiger partial charge < -0.3 is 5.32 Å². The lowest BCUT2D eigenvalue weighted by atomic mass is 10.1. The molecule has 0 aliphatic heterocycles. The number of nitrogens with zero attached hydrogens (tertiary/aromatic N) is 2. The number of nitrogens with one attached hydrogen (secondary N) is 1. The number of hydrogen-bond donors (Lipinski definition) is 1. The molecule has 0 aliphatic rings. The van der Waals surface area contributed by atoms with Gasteiger partial charge in [-0.15, -0.1) is 11.3 Å². The van der Waals surface area contributed by atoms with Crippen LogP contribution in [0.15, 0.2) is 24.3 Å². The minimum atomic E-state index is -0.379. The largest absolute Gasteiger partial charge is 0.310 e. The van der Waals surface area contributed by atoms with E-state index in [1.807, 2.05) is 13.0 Å². The van der Waals surface area contributed by atoms with Crippen LogP contribution in [0.25, 0.3) is 11.3 Å². The molecule has 0 radical (unpaired) electrons. The van der Waals surface area contributed by atoms with Crippen molar-refractivity contribution in [1.82, 2.24) is 10.3 Å². The number of non-ortho nitro benzene ring substituents is 1. The van der Waals surface area contributed by atoms with Gasteiger partial charge in [-0.25, -0.2) is 4.98 Å². The summed E-state index contributed by atoms with van der Waals surface area (Å²) in [6.07, 6.45) is 0. The summed E-state index contributed by atoms with van der Waals surface area (Å²) >= 11 is 1.63. The second kappa shape index (κ2) is 6.78. The van der Waals surface area contributed by atoms with Gasteiger partial charge in [0.05, 0.1) is 10.6 Å². The van der Waals surface area contributed by atoms with Crippen LogP contribution in [0.4, 0.5) is 5.69 Å². The maximum atomic E-state index is 10.9. The molecular formula is C15H19N3O2S. The molecule has 112 valence electrons. The molecule has 1 aromatic heterocycles. The second-order valence-corrected chi connectivity index (χ2v) is 6.63. The Morgan fingerprint density at radius 3 is 2.86 bits per heavy atom. The molecule has 0 atom stereocenters. The summed E-state index contributed by atoms with van der Waals surface area (Å²) in [4.78, 5) is 16.2. The molecule has 2 rings (SSSR count). The van der Waals surface area contributed by atoms with Crippen LogP contribution in [0, 0.1) is 23.0 Å². The fourth-order valence-corrected chi connectivity index (χ4v) is 2.95. The van der Waals surface area contributed by atoms with Gasteiger partial charge in [-0.1, -0.05) is 26.0 Å². The van der Waals surface area contributed by atoms with Crippen LogP contribution in [0.2, 0.25) is 0 Å². The van der Waals surface area contributed by atoms with E-state index in [9.17, 15) is 10.1 Å². The highest BCUT2D eigenvalue weighted by atomic mass is 32.1. The minimum absolute atomic E-state index is 0.0967. The molecule has 1 heterocycles. The van der Waals surface area contributed by atoms with Crippen molar-refractivity contribution in [3.8, 4) is 11.3 Å². The van der Waals surface area contributed by atoms with Gasteiger partial charge in [0.1, 0.15) is 5.01 Å². The van der Waals surface area contributed by atoms with Crippen LogP contribution >= 0.6 is 11.3 Å². The monoisotopic (exact) mass is 305 g/mol. The molecule has 0 saturated heterocycles. The summed E-state index contributed by atoms with van der Waals surface area (Å²) in [6.45, 7) is 8.00. The van der Waals surface area contributed by atoms with Gasteiger partial charge in [0.2, 0.25) is 0 Å². The van der Waals surface area contributed by atoms with Crippen molar-refractivity contribution in [1.29, 1.82) is 0 Å². The van der Waals surface area contributed by atoms with Gasteiger partial charge in [0.25, 0.3) is 5.69 Å². The molecule has 2 aromatic rings. The predicted molar refractivity (Wildman–Crippen MR) is 85.5 cm³/mol. The lowest BCUT2D eigenvalue weighted by molar-refractivity contribution is -0.384. The Labute approximate surface area is 128 Å². The lowest BCUT2D eigenvalue weighted by Crippen LogP contribution is -2.18. The van der Waals surface area contributed by atoms with Crippen LogP contribution in [0.3, 0.4) is 0 Å². The number of nitro benzene ring substituents is 1. The summed E-state index contributed by atoms with van der Waals surface area (Å²) in [5, 5.41) is 15.2. The smallest absolute Gasteiger partial charge is 0.270 e. The number of thiazole rings is 1. The topological polar surface area (TPSA) is 68.1 Å². The van der Waals surface area contributed by atoms with Crippen LogP contribution in [-0.2, 0) is 6.54 Å².